The quantitative estimate of drug-likeness (QED) is 0.236. The number of hydrogen-bond acceptors (Lipinski definition) is 5. The Hall–Kier alpha value is -3.35. The fourth-order valence-electron chi connectivity index (χ4n) is 5.48. The van der Waals surface area contributed by atoms with Crippen LogP contribution in [0.1, 0.15) is 40.7 Å². The van der Waals surface area contributed by atoms with Crippen molar-refractivity contribution in [3.8, 4) is 11.5 Å². The molecule has 1 heterocycles. The number of hydrogen-bond donors (Lipinski definition) is 1. The number of unbranched alkanes of at least 4 members (excludes halogenated alkanes) is 1. The Morgan fingerprint density at radius 2 is 1.55 bits per heavy atom. The third-order valence-electron chi connectivity index (χ3n) is 7.71. The number of benzene rings is 3. The maximum absolute atomic E-state index is 14.0. The molecule has 2 atom stereocenters. The molecule has 0 bridgehead atoms. The first-order valence-corrected chi connectivity index (χ1v) is 14.6. The Morgan fingerprint density at radius 3 is 2.27 bits per heavy atom. The molecule has 0 spiro atoms. The first kappa shape index (κ1) is 29.6. The van der Waals surface area contributed by atoms with Crippen molar-refractivity contribution in [1.29, 1.82) is 0 Å². The van der Waals surface area contributed by atoms with Gasteiger partial charge in [0.15, 0.2) is 11.5 Å². The molecule has 1 amide bonds. The van der Waals surface area contributed by atoms with Crippen molar-refractivity contribution in [2.75, 3.05) is 53.6 Å². The van der Waals surface area contributed by atoms with E-state index in [1.165, 1.54) is 11.1 Å². The van der Waals surface area contributed by atoms with Gasteiger partial charge in [-0.05, 0) is 79.9 Å². The summed E-state index contributed by atoms with van der Waals surface area (Å²) in [4.78, 5) is 16.0. The summed E-state index contributed by atoms with van der Waals surface area (Å²) in [5.74, 6) is 2.18. The number of nitrogens with zero attached hydrogens (tertiary/aromatic N) is 1. The normalized spacial score (nSPS) is 16.6. The van der Waals surface area contributed by atoms with E-state index in [-0.39, 0.29) is 5.91 Å². The van der Waals surface area contributed by atoms with Gasteiger partial charge in [0, 0.05) is 38.8 Å². The molecule has 0 saturated carbocycles. The molecule has 6 nitrogen and oxygen atoms in total. The van der Waals surface area contributed by atoms with Crippen LogP contribution in [0.3, 0.4) is 0 Å². The van der Waals surface area contributed by atoms with E-state index < -0.39 is 0 Å². The van der Waals surface area contributed by atoms with Crippen molar-refractivity contribution in [2.24, 2.45) is 11.8 Å². The van der Waals surface area contributed by atoms with Crippen LogP contribution in [0.5, 0.6) is 11.5 Å². The predicted octanol–water partition coefficient (Wildman–Crippen LogP) is 5.65. The Morgan fingerprint density at radius 1 is 0.825 bits per heavy atom. The predicted molar refractivity (Wildman–Crippen MR) is 160 cm³/mol. The van der Waals surface area contributed by atoms with Gasteiger partial charge in [-0.1, -0.05) is 60.7 Å². The van der Waals surface area contributed by atoms with Gasteiger partial charge in [-0.2, -0.15) is 0 Å². The van der Waals surface area contributed by atoms with Crippen LogP contribution in [0.2, 0.25) is 0 Å². The minimum Gasteiger partial charge on any atom is -0.493 e. The number of amides is 1. The summed E-state index contributed by atoms with van der Waals surface area (Å²) >= 11 is 0. The van der Waals surface area contributed by atoms with Crippen molar-refractivity contribution in [2.45, 2.75) is 32.1 Å². The second-order valence-corrected chi connectivity index (χ2v) is 10.6. The minimum atomic E-state index is 0.0504. The third-order valence-corrected chi connectivity index (χ3v) is 7.71. The van der Waals surface area contributed by atoms with E-state index in [1.54, 1.807) is 14.2 Å². The lowest BCUT2D eigenvalue weighted by Crippen LogP contribution is -2.38. The van der Waals surface area contributed by atoms with E-state index in [4.69, 9.17) is 14.2 Å². The molecule has 1 saturated heterocycles. The number of aryl methyl sites for hydroxylation is 1. The summed E-state index contributed by atoms with van der Waals surface area (Å²) in [6.45, 7) is 4.51. The zero-order chi connectivity index (χ0) is 28.0. The summed E-state index contributed by atoms with van der Waals surface area (Å²) in [6, 6.07) is 26.8. The molecule has 3 aromatic rings. The van der Waals surface area contributed by atoms with Crippen LogP contribution < -0.4 is 14.8 Å². The average molecular weight is 545 g/mol. The molecule has 3 aromatic carbocycles. The van der Waals surface area contributed by atoms with Gasteiger partial charge >= 0.3 is 0 Å². The van der Waals surface area contributed by atoms with Gasteiger partial charge in [-0.3, -0.25) is 4.79 Å². The van der Waals surface area contributed by atoms with Gasteiger partial charge < -0.3 is 24.4 Å². The Balaban J connectivity index is 1.46. The maximum Gasteiger partial charge on any atom is 0.254 e. The summed E-state index contributed by atoms with van der Waals surface area (Å²) < 4.78 is 16.6. The molecular weight excluding hydrogens is 500 g/mol. The van der Waals surface area contributed by atoms with Crippen LogP contribution in [-0.4, -0.2) is 64.4 Å². The smallest absolute Gasteiger partial charge is 0.254 e. The lowest BCUT2D eigenvalue weighted by Gasteiger charge is -2.29. The largest absolute Gasteiger partial charge is 0.493 e. The summed E-state index contributed by atoms with van der Waals surface area (Å²) in [7, 11) is 3.30. The zero-order valence-electron chi connectivity index (χ0n) is 24.0. The topological polar surface area (TPSA) is 60.0 Å². The van der Waals surface area contributed by atoms with Crippen molar-refractivity contribution in [3.05, 3.63) is 95.6 Å². The maximum atomic E-state index is 14.0. The van der Waals surface area contributed by atoms with Crippen molar-refractivity contribution in [1.82, 2.24) is 10.2 Å². The lowest BCUT2D eigenvalue weighted by atomic mass is 9.89. The number of rotatable bonds is 16. The second kappa shape index (κ2) is 16.0. The summed E-state index contributed by atoms with van der Waals surface area (Å²) in [6.07, 6.45) is 4.81. The van der Waals surface area contributed by atoms with Crippen LogP contribution >= 0.6 is 0 Å². The minimum absolute atomic E-state index is 0.0504. The molecule has 1 N–H and O–H groups in total. The van der Waals surface area contributed by atoms with Crippen LogP contribution in [0.4, 0.5) is 0 Å². The van der Waals surface area contributed by atoms with Gasteiger partial charge in [0.05, 0.1) is 13.7 Å². The number of ether oxygens (including phenoxy) is 3. The van der Waals surface area contributed by atoms with Crippen LogP contribution in [0, 0.1) is 11.8 Å². The Labute approximate surface area is 239 Å². The lowest BCUT2D eigenvalue weighted by molar-refractivity contribution is 0.0716. The second-order valence-electron chi connectivity index (χ2n) is 10.6. The average Bonchev–Trinajstić information content (AvgIpc) is 3.43. The molecule has 1 aliphatic rings. The molecule has 40 heavy (non-hydrogen) atoms. The van der Waals surface area contributed by atoms with Crippen molar-refractivity contribution in [3.63, 3.8) is 0 Å². The van der Waals surface area contributed by atoms with Crippen LogP contribution in [-0.2, 0) is 17.6 Å². The molecule has 0 aromatic heterocycles. The van der Waals surface area contributed by atoms with Gasteiger partial charge in [0.2, 0.25) is 0 Å². The van der Waals surface area contributed by atoms with E-state index in [0.29, 0.717) is 42.1 Å². The highest BCUT2D eigenvalue weighted by molar-refractivity contribution is 5.95. The number of carbonyl (C=O) groups is 1. The van der Waals surface area contributed by atoms with E-state index in [1.807, 2.05) is 18.2 Å². The van der Waals surface area contributed by atoms with Crippen molar-refractivity contribution < 1.29 is 19.0 Å². The van der Waals surface area contributed by atoms with E-state index in [0.717, 1.165) is 58.3 Å². The number of nitrogens with one attached hydrogen (secondary N) is 1. The van der Waals surface area contributed by atoms with E-state index in [2.05, 4.69) is 70.9 Å². The molecule has 0 aliphatic carbocycles. The SMILES string of the molecule is COCCCOc1cc(C(=O)N(CCCCc2ccccc2)C[C@H]2CNC[C@@H]2Cc2ccccc2)ccc1OC. The molecule has 214 valence electrons. The molecule has 0 unspecified atom stereocenters. The van der Waals surface area contributed by atoms with Crippen LogP contribution in [0.15, 0.2) is 78.9 Å². The van der Waals surface area contributed by atoms with E-state index in [9.17, 15) is 4.79 Å². The Kier molecular flexibility index (Phi) is 11.9. The summed E-state index contributed by atoms with van der Waals surface area (Å²) in [5.41, 5.74) is 3.33. The fraction of sp³-hybridized carbons (Fsp3) is 0.441. The first-order chi connectivity index (χ1) is 19.7. The number of carbonyl (C=O) groups excluding carboxylic acids is 1. The standard InChI is InChI=1S/C34H44N2O4/c1-38-20-11-21-40-33-23-29(17-18-32(33)39-2)34(37)36(19-10-9-14-27-12-5-3-6-13-27)26-31-25-35-24-30(31)22-28-15-7-4-8-16-28/h3-8,12-13,15-18,23,30-31,35H,9-11,14,19-22,24-26H2,1-2H3/t30-,31+/m0/s1. The molecule has 0 radical (unpaired) electrons. The third kappa shape index (κ3) is 8.83. The highest BCUT2D eigenvalue weighted by atomic mass is 16.5. The van der Waals surface area contributed by atoms with Gasteiger partial charge in [0.1, 0.15) is 0 Å². The zero-order valence-corrected chi connectivity index (χ0v) is 24.0. The van der Waals surface area contributed by atoms with Gasteiger partial charge in [-0.25, -0.2) is 0 Å². The first-order valence-electron chi connectivity index (χ1n) is 14.6. The number of methoxy groups -OCH3 is 2. The van der Waals surface area contributed by atoms with Crippen molar-refractivity contribution >= 4 is 5.91 Å². The molecule has 6 heteroatoms. The van der Waals surface area contributed by atoms with Crippen LogP contribution in [0.25, 0.3) is 0 Å². The Bertz CT molecular complexity index is 1160. The highest BCUT2D eigenvalue weighted by Crippen LogP contribution is 2.30. The van der Waals surface area contributed by atoms with Gasteiger partial charge in [0.25, 0.3) is 5.91 Å². The molecule has 1 fully saturated rings. The van der Waals surface area contributed by atoms with E-state index >= 15 is 0 Å². The monoisotopic (exact) mass is 544 g/mol. The molecule has 4 rings (SSSR count). The molecule has 1 aliphatic heterocycles. The fourth-order valence-corrected chi connectivity index (χ4v) is 5.48. The van der Waals surface area contributed by atoms with Gasteiger partial charge in [-0.15, -0.1) is 0 Å². The molecular formula is C34H44N2O4. The highest BCUT2D eigenvalue weighted by Gasteiger charge is 2.30. The summed E-state index contributed by atoms with van der Waals surface area (Å²) in [5, 5.41) is 3.59.